The average Bonchev–Trinajstić information content (AvgIpc) is 2.48. The molecule has 0 spiro atoms. The molecule has 2 rings (SSSR count). The number of para-hydroxylation sites is 1. The molecule has 6 nitrogen and oxygen atoms in total. The van der Waals surface area contributed by atoms with Gasteiger partial charge in [-0.25, -0.2) is 9.59 Å². The molecular formula is C15H12ClNO5. The van der Waals surface area contributed by atoms with Gasteiger partial charge < -0.3 is 14.9 Å². The largest absolute Gasteiger partial charge is 0.505 e. The highest BCUT2D eigenvalue weighted by atomic mass is 35.5. The molecule has 2 aromatic carbocycles. The summed E-state index contributed by atoms with van der Waals surface area (Å²) in [4.78, 5) is 22.6. The molecule has 0 aromatic heterocycles. The number of carboxylic acids is 1. The Kier molecular flexibility index (Phi) is 4.85. The minimum atomic E-state index is -1.30. The number of rotatable bonds is 4. The van der Waals surface area contributed by atoms with E-state index in [4.69, 9.17) is 21.4 Å². The number of benzene rings is 2. The number of carbonyl (C=O) groups excluding carboxylic acids is 1. The fraction of sp³-hybridized carbons (Fsp3) is 0.0667. The molecule has 0 bridgehead atoms. The summed E-state index contributed by atoms with van der Waals surface area (Å²) in [6.07, 6.45) is -0.812. The van der Waals surface area contributed by atoms with Gasteiger partial charge >= 0.3 is 12.1 Å². The van der Waals surface area contributed by atoms with Gasteiger partial charge in [-0.15, -0.1) is 0 Å². The van der Waals surface area contributed by atoms with E-state index in [9.17, 15) is 14.7 Å². The number of aromatic hydroxyl groups is 1. The SMILES string of the molecule is O=C(Nc1cccc(C(=O)O)c1O)OCc1ccc(Cl)cc1. The summed E-state index contributed by atoms with van der Waals surface area (Å²) < 4.78 is 4.98. The van der Waals surface area contributed by atoms with Gasteiger partial charge in [-0.05, 0) is 29.8 Å². The van der Waals surface area contributed by atoms with Crippen molar-refractivity contribution in [2.24, 2.45) is 0 Å². The molecule has 2 aromatic rings. The quantitative estimate of drug-likeness (QED) is 0.749. The van der Waals surface area contributed by atoms with Crippen molar-refractivity contribution in [2.45, 2.75) is 6.61 Å². The standard InChI is InChI=1S/C15H12ClNO5/c16-10-6-4-9(5-7-10)8-22-15(21)17-12-3-1-2-11(13(12)18)14(19)20/h1-7,18H,8H2,(H,17,21)(H,19,20). The highest BCUT2D eigenvalue weighted by Crippen LogP contribution is 2.27. The Morgan fingerprint density at radius 2 is 1.82 bits per heavy atom. The van der Waals surface area contributed by atoms with E-state index in [1.54, 1.807) is 24.3 Å². The average molecular weight is 322 g/mol. The summed E-state index contributed by atoms with van der Waals surface area (Å²) in [5.41, 5.74) is 0.388. The van der Waals surface area contributed by atoms with Crippen LogP contribution in [0.4, 0.5) is 10.5 Å². The lowest BCUT2D eigenvalue weighted by molar-refractivity contribution is 0.0693. The van der Waals surface area contributed by atoms with E-state index in [0.29, 0.717) is 5.02 Å². The third-order valence-corrected chi connectivity index (χ3v) is 3.04. The number of carboxylic acid groups (broad SMARTS) is 1. The van der Waals surface area contributed by atoms with Crippen LogP contribution in [0.3, 0.4) is 0 Å². The van der Waals surface area contributed by atoms with E-state index in [2.05, 4.69) is 5.32 Å². The van der Waals surface area contributed by atoms with Crippen molar-refractivity contribution in [2.75, 3.05) is 5.32 Å². The zero-order valence-electron chi connectivity index (χ0n) is 11.2. The zero-order chi connectivity index (χ0) is 16.1. The van der Waals surface area contributed by atoms with E-state index in [1.807, 2.05) is 0 Å². The monoisotopic (exact) mass is 321 g/mol. The topological polar surface area (TPSA) is 95.9 Å². The van der Waals surface area contributed by atoms with Gasteiger partial charge in [0.25, 0.3) is 0 Å². The molecule has 0 saturated heterocycles. The summed E-state index contributed by atoms with van der Waals surface area (Å²) in [5, 5.41) is 21.5. The van der Waals surface area contributed by atoms with Crippen LogP contribution in [0.25, 0.3) is 0 Å². The number of phenols is 1. The predicted molar refractivity (Wildman–Crippen MR) is 80.3 cm³/mol. The van der Waals surface area contributed by atoms with Gasteiger partial charge in [0, 0.05) is 5.02 Å². The Bertz CT molecular complexity index is 700. The van der Waals surface area contributed by atoms with Crippen LogP contribution in [-0.4, -0.2) is 22.3 Å². The fourth-order valence-corrected chi connectivity index (χ4v) is 1.82. The van der Waals surface area contributed by atoms with Crippen LogP contribution in [0.15, 0.2) is 42.5 Å². The van der Waals surface area contributed by atoms with Crippen molar-refractivity contribution in [3.63, 3.8) is 0 Å². The lowest BCUT2D eigenvalue weighted by Gasteiger charge is -2.10. The molecule has 3 N–H and O–H groups in total. The molecule has 114 valence electrons. The second kappa shape index (κ2) is 6.82. The normalized spacial score (nSPS) is 10.0. The van der Waals surface area contributed by atoms with Gasteiger partial charge in [-0.2, -0.15) is 0 Å². The number of halogens is 1. The van der Waals surface area contributed by atoms with Crippen LogP contribution in [0.1, 0.15) is 15.9 Å². The van der Waals surface area contributed by atoms with Crippen molar-refractivity contribution in [1.82, 2.24) is 0 Å². The molecule has 0 atom stereocenters. The zero-order valence-corrected chi connectivity index (χ0v) is 12.0. The van der Waals surface area contributed by atoms with E-state index in [1.165, 1.54) is 18.2 Å². The molecule has 0 radical (unpaired) electrons. The summed E-state index contributed by atoms with van der Waals surface area (Å²) in [5.74, 6) is -1.82. The number of nitrogens with one attached hydrogen (secondary N) is 1. The third kappa shape index (κ3) is 3.89. The summed E-state index contributed by atoms with van der Waals surface area (Å²) >= 11 is 5.74. The first-order chi connectivity index (χ1) is 10.5. The van der Waals surface area contributed by atoms with Crippen molar-refractivity contribution in [3.8, 4) is 5.75 Å². The van der Waals surface area contributed by atoms with Crippen LogP contribution in [0.5, 0.6) is 5.75 Å². The molecule has 0 heterocycles. The highest BCUT2D eigenvalue weighted by Gasteiger charge is 2.15. The Labute approximate surface area is 130 Å². The number of anilines is 1. The van der Waals surface area contributed by atoms with Gasteiger partial charge in [0.2, 0.25) is 0 Å². The molecule has 0 aliphatic heterocycles. The molecule has 1 amide bonds. The van der Waals surface area contributed by atoms with Crippen molar-refractivity contribution < 1.29 is 24.5 Å². The molecule has 0 unspecified atom stereocenters. The Balaban J connectivity index is 1.99. The first-order valence-corrected chi connectivity index (χ1v) is 6.58. The molecule has 22 heavy (non-hydrogen) atoms. The number of hydrogen-bond acceptors (Lipinski definition) is 4. The Morgan fingerprint density at radius 3 is 2.45 bits per heavy atom. The molecular weight excluding hydrogens is 310 g/mol. The van der Waals surface area contributed by atoms with E-state index < -0.39 is 17.8 Å². The maximum atomic E-state index is 11.7. The molecule has 0 saturated carbocycles. The molecule has 0 fully saturated rings. The highest BCUT2D eigenvalue weighted by molar-refractivity contribution is 6.30. The summed E-state index contributed by atoms with van der Waals surface area (Å²) in [6.45, 7) is 0.0163. The summed E-state index contributed by atoms with van der Waals surface area (Å²) in [7, 11) is 0. The van der Waals surface area contributed by atoms with E-state index >= 15 is 0 Å². The Morgan fingerprint density at radius 1 is 1.14 bits per heavy atom. The smallest absolute Gasteiger partial charge is 0.412 e. The second-order valence-corrected chi connectivity index (χ2v) is 4.77. The summed E-state index contributed by atoms with van der Waals surface area (Å²) in [6, 6.07) is 10.7. The number of amides is 1. The number of ether oxygens (including phenoxy) is 1. The van der Waals surface area contributed by atoms with Crippen LogP contribution in [0.2, 0.25) is 5.02 Å². The third-order valence-electron chi connectivity index (χ3n) is 2.79. The van der Waals surface area contributed by atoms with Crippen molar-refractivity contribution in [3.05, 3.63) is 58.6 Å². The second-order valence-electron chi connectivity index (χ2n) is 4.33. The number of carbonyl (C=O) groups is 2. The first-order valence-electron chi connectivity index (χ1n) is 6.21. The lowest BCUT2D eigenvalue weighted by Crippen LogP contribution is -2.14. The number of aromatic carboxylic acids is 1. The van der Waals surface area contributed by atoms with Crippen LogP contribution < -0.4 is 5.32 Å². The fourth-order valence-electron chi connectivity index (χ4n) is 1.69. The maximum absolute atomic E-state index is 11.7. The van der Waals surface area contributed by atoms with Gasteiger partial charge in [0.1, 0.15) is 12.2 Å². The van der Waals surface area contributed by atoms with Gasteiger partial charge in [0.15, 0.2) is 5.75 Å². The molecule has 7 heteroatoms. The van der Waals surface area contributed by atoms with Crippen LogP contribution in [-0.2, 0) is 11.3 Å². The Hall–Kier alpha value is -2.73. The number of hydrogen-bond donors (Lipinski definition) is 3. The molecule has 0 aliphatic rings. The van der Waals surface area contributed by atoms with E-state index in [0.717, 1.165) is 5.56 Å². The minimum Gasteiger partial charge on any atom is -0.505 e. The van der Waals surface area contributed by atoms with Gasteiger partial charge in [-0.3, -0.25) is 5.32 Å². The van der Waals surface area contributed by atoms with Gasteiger partial charge in [-0.1, -0.05) is 29.8 Å². The maximum Gasteiger partial charge on any atom is 0.412 e. The minimum absolute atomic E-state index is 0.0163. The van der Waals surface area contributed by atoms with Crippen LogP contribution >= 0.6 is 11.6 Å². The van der Waals surface area contributed by atoms with Crippen molar-refractivity contribution >= 4 is 29.4 Å². The van der Waals surface area contributed by atoms with E-state index in [-0.39, 0.29) is 17.9 Å². The molecule has 0 aliphatic carbocycles. The predicted octanol–water partition coefficient (Wildman–Crippen LogP) is 3.49. The first kappa shape index (κ1) is 15.7. The van der Waals surface area contributed by atoms with Gasteiger partial charge in [0.05, 0.1) is 5.69 Å². The van der Waals surface area contributed by atoms with Crippen molar-refractivity contribution in [1.29, 1.82) is 0 Å². The lowest BCUT2D eigenvalue weighted by atomic mass is 10.2. The van der Waals surface area contributed by atoms with Crippen LogP contribution in [0, 0.1) is 0 Å².